The highest BCUT2D eigenvalue weighted by Gasteiger charge is 2.28. The lowest BCUT2D eigenvalue weighted by atomic mass is 9.85. The fraction of sp³-hybridized carbons (Fsp3) is 0.643. The minimum atomic E-state index is 0.250. The minimum absolute atomic E-state index is 0.250. The lowest BCUT2D eigenvalue weighted by Gasteiger charge is -2.20. The summed E-state index contributed by atoms with van der Waals surface area (Å²) in [6.07, 6.45) is 7.79. The summed E-state index contributed by atoms with van der Waals surface area (Å²) in [4.78, 5) is 11.4. The molecule has 0 amide bonds. The minimum Gasteiger partial charge on any atom is -0.295 e. The molecule has 0 aromatic heterocycles. The van der Waals surface area contributed by atoms with Gasteiger partial charge in [0.05, 0.1) is 0 Å². The van der Waals surface area contributed by atoms with Gasteiger partial charge in [-0.3, -0.25) is 4.79 Å². The molecule has 0 heterocycles. The molecule has 0 unspecified atom stereocenters. The molecule has 0 radical (unpaired) electrons. The molecule has 0 atom stereocenters. The van der Waals surface area contributed by atoms with E-state index in [9.17, 15) is 4.79 Å². The van der Waals surface area contributed by atoms with Gasteiger partial charge in [-0.2, -0.15) is 0 Å². The van der Waals surface area contributed by atoms with Crippen molar-refractivity contribution >= 4 is 5.78 Å². The molecule has 1 nitrogen and oxygen atoms in total. The second-order valence-corrected chi connectivity index (χ2v) is 5.13. The first kappa shape index (κ1) is 12.2. The van der Waals surface area contributed by atoms with Crippen molar-refractivity contribution < 1.29 is 4.79 Å². The van der Waals surface area contributed by atoms with E-state index in [4.69, 9.17) is 0 Å². The van der Waals surface area contributed by atoms with Gasteiger partial charge in [0.2, 0.25) is 0 Å². The summed E-state index contributed by atoms with van der Waals surface area (Å²) in [5.74, 6) is 0.250. The molecular formula is C14H22O. The zero-order valence-electron chi connectivity index (χ0n) is 10.4. The molecule has 1 aliphatic carbocycles. The van der Waals surface area contributed by atoms with Gasteiger partial charge in [-0.1, -0.05) is 32.4 Å². The van der Waals surface area contributed by atoms with Crippen molar-refractivity contribution in [3.63, 3.8) is 0 Å². The molecule has 0 aromatic rings. The Bertz CT molecular complexity index is 305. The quantitative estimate of drug-likeness (QED) is 0.634. The van der Waals surface area contributed by atoms with E-state index in [1.165, 1.54) is 24.0 Å². The van der Waals surface area contributed by atoms with Gasteiger partial charge >= 0.3 is 0 Å². The number of carbonyl (C=O) groups excluding carboxylic acids is 1. The maximum atomic E-state index is 11.4. The number of carbonyl (C=O) groups is 1. The molecular weight excluding hydrogens is 184 g/mol. The fourth-order valence-electron chi connectivity index (χ4n) is 2.22. The van der Waals surface area contributed by atoms with Crippen molar-refractivity contribution in [3.8, 4) is 0 Å². The number of ketones is 1. The summed E-state index contributed by atoms with van der Waals surface area (Å²) in [5, 5.41) is 0. The molecule has 0 aliphatic heterocycles. The predicted molar refractivity (Wildman–Crippen MR) is 64.8 cm³/mol. The van der Waals surface area contributed by atoms with E-state index < -0.39 is 0 Å². The molecule has 1 heteroatoms. The number of allylic oxidation sites excluding steroid dienone is 4. The Labute approximate surface area is 93.3 Å². The SMILES string of the molecule is CCCC(=O)/C=C/C1=C(C)CCC1(C)C. The summed E-state index contributed by atoms with van der Waals surface area (Å²) >= 11 is 0. The summed E-state index contributed by atoms with van der Waals surface area (Å²) in [6.45, 7) is 8.73. The molecule has 0 bridgehead atoms. The lowest BCUT2D eigenvalue weighted by Crippen LogP contribution is -2.08. The van der Waals surface area contributed by atoms with Crippen LogP contribution in [0.4, 0.5) is 0 Å². The number of hydrogen-bond donors (Lipinski definition) is 0. The van der Waals surface area contributed by atoms with Gasteiger partial charge in [0.1, 0.15) is 0 Å². The summed E-state index contributed by atoms with van der Waals surface area (Å²) in [5.41, 5.74) is 3.07. The Morgan fingerprint density at radius 1 is 1.47 bits per heavy atom. The van der Waals surface area contributed by atoms with E-state index >= 15 is 0 Å². The standard InChI is InChI=1S/C14H22O/c1-5-6-12(15)7-8-13-11(2)9-10-14(13,3)4/h7-8H,5-6,9-10H2,1-4H3/b8-7+. The van der Waals surface area contributed by atoms with Crippen LogP contribution in [-0.4, -0.2) is 5.78 Å². The monoisotopic (exact) mass is 206 g/mol. The third kappa shape index (κ3) is 3.05. The van der Waals surface area contributed by atoms with E-state index in [-0.39, 0.29) is 11.2 Å². The molecule has 15 heavy (non-hydrogen) atoms. The van der Waals surface area contributed by atoms with Crippen LogP contribution < -0.4 is 0 Å². The van der Waals surface area contributed by atoms with Crippen molar-refractivity contribution in [2.24, 2.45) is 5.41 Å². The second kappa shape index (κ2) is 4.78. The molecule has 0 spiro atoms. The largest absolute Gasteiger partial charge is 0.295 e. The smallest absolute Gasteiger partial charge is 0.155 e. The van der Waals surface area contributed by atoms with Crippen molar-refractivity contribution in [2.45, 2.75) is 53.4 Å². The molecule has 1 aliphatic rings. The van der Waals surface area contributed by atoms with Gasteiger partial charge < -0.3 is 0 Å². The number of hydrogen-bond acceptors (Lipinski definition) is 1. The van der Waals surface area contributed by atoms with Crippen LogP contribution in [0.5, 0.6) is 0 Å². The second-order valence-electron chi connectivity index (χ2n) is 5.13. The third-order valence-electron chi connectivity index (χ3n) is 3.25. The van der Waals surface area contributed by atoms with Gasteiger partial charge in [-0.25, -0.2) is 0 Å². The molecule has 0 N–H and O–H groups in total. The van der Waals surface area contributed by atoms with Gasteiger partial charge in [-0.05, 0) is 43.3 Å². The predicted octanol–water partition coefficient (Wildman–Crippen LogP) is 4.05. The van der Waals surface area contributed by atoms with E-state index in [1.807, 2.05) is 13.0 Å². The van der Waals surface area contributed by atoms with Crippen molar-refractivity contribution in [1.29, 1.82) is 0 Å². The van der Waals surface area contributed by atoms with Crippen molar-refractivity contribution in [2.75, 3.05) is 0 Å². The molecule has 0 aromatic carbocycles. The first-order valence-electron chi connectivity index (χ1n) is 5.88. The number of rotatable bonds is 4. The molecule has 0 saturated carbocycles. The van der Waals surface area contributed by atoms with Crippen LogP contribution in [0.3, 0.4) is 0 Å². The van der Waals surface area contributed by atoms with E-state index in [1.54, 1.807) is 6.08 Å². The first-order chi connectivity index (χ1) is 6.97. The van der Waals surface area contributed by atoms with Crippen LogP contribution in [0.25, 0.3) is 0 Å². The van der Waals surface area contributed by atoms with Crippen molar-refractivity contribution in [1.82, 2.24) is 0 Å². The summed E-state index contributed by atoms with van der Waals surface area (Å²) in [6, 6.07) is 0. The average Bonchev–Trinajstić information content (AvgIpc) is 2.39. The molecule has 0 saturated heterocycles. The third-order valence-corrected chi connectivity index (χ3v) is 3.25. The Kier molecular flexibility index (Phi) is 3.90. The Hall–Kier alpha value is -0.850. The zero-order valence-corrected chi connectivity index (χ0v) is 10.4. The summed E-state index contributed by atoms with van der Waals surface area (Å²) in [7, 11) is 0. The normalized spacial score (nSPS) is 20.3. The zero-order chi connectivity index (χ0) is 11.5. The maximum Gasteiger partial charge on any atom is 0.155 e. The topological polar surface area (TPSA) is 17.1 Å². The molecule has 84 valence electrons. The lowest BCUT2D eigenvalue weighted by molar-refractivity contribution is -0.114. The van der Waals surface area contributed by atoms with E-state index in [0.29, 0.717) is 6.42 Å². The first-order valence-corrected chi connectivity index (χ1v) is 5.88. The maximum absolute atomic E-state index is 11.4. The molecule has 0 fully saturated rings. The van der Waals surface area contributed by atoms with Gasteiger partial charge in [0.25, 0.3) is 0 Å². The van der Waals surface area contributed by atoms with Crippen LogP contribution >= 0.6 is 0 Å². The Balaban J connectivity index is 2.73. The van der Waals surface area contributed by atoms with Crippen LogP contribution in [0.1, 0.15) is 53.4 Å². The Morgan fingerprint density at radius 3 is 2.60 bits per heavy atom. The van der Waals surface area contributed by atoms with E-state index in [2.05, 4.69) is 20.8 Å². The van der Waals surface area contributed by atoms with Crippen molar-refractivity contribution in [3.05, 3.63) is 23.3 Å². The highest BCUT2D eigenvalue weighted by Crippen LogP contribution is 2.42. The average molecular weight is 206 g/mol. The highest BCUT2D eigenvalue weighted by molar-refractivity contribution is 5.90. The van der Waals surface area contributed by atoms with Crippen LogP contribution in [-0.2, 0) is 4.79 Å². The van der Waals surface area contributed by atoms with Gasteiger partial charge in [0.15, 0.2) is 5.78 Å². The van der Waals surface area contributed by atoms with E-state index in [0.717, 1.165) is 6.42 Å². The fourth-order valence-corrected chi connectivity index (χ4v) is 2.22. The van der Waals surface area contributed by atoms with Crippen LogP contribution in [0, 0.1) is 5.41 Å². The summed E-state index contributed by atoms with van der Waals surface area (Å²) < 4.78 is 0. The van der Waals surface area contributed by atoms with Crippen LogP contribution in [0.15, 0.2) is 23.3 Å². The highest BCUT2D eigenvalue weighted by atomic mass is 16.1. The molecule has 1 rings (SSSR count). The Morgan fingerprint density at radius 2 is 2.13 bits per heavy atom. The van der Waals surface area contributed by atoms with Crippen LogP contribution in [0.2, 0.25) is 0 Å². The van der Waals surface area contributed by atoms with Gasteiger partial charge in [-0.15, -0.1) is 0 Å². The van der Waals surface area contributed by atoms with Gasteiger partial charge in [0, 0.05) is 6.42 Å².